The van der Waals surface area contributed by atoms with Gasteiger partial charge in [-0.2, -0.15) is 22.0 Å². The summed E-state index contributed by atoms with van der Waals surface area (Å²) in [6, 6.07) is 5.28. The molecule has 0 heterocycles. The molecule has 0 atom stereocenters. The van der Waals surface area contributed by atoms with E-state index in [1.54, 1.807) is 0 Å². The minimum absolute atomic E-state index is 0.0838. The summed E-state index contributed by atoms with van der Waals surface area (Å²) in [6.45, 7) is -3.46. The van der Waals surface area contributed by atoms with Crippen LogP contribution in [0.2, 0.25) is 15.1 Å². The van der Waals surface area contributed by atoms with Crippen LogP contribution in [0.25, 0.3) is 11.1 Å². The second-order valence-electron chi connectivity index (χ2n) is 4.30. The van der Waals surface area contributed by atoms with Crippen LogP contribution in [-0.4, -0.2) is 6.61 Å². The minimum atomic E-state index is -4.90. The van der Waals surface area contributed by atoms with Gasteiger partial charge in [0.25, 0.3) is 0 Å². The molecule has 0 fully saturated rings. The van der Waals surface area contributed by atoms with E-state index in [9.17, 15) is 22.0 Å². The van der Waals surface area contributed by atoms with Gasteiger partial charge in [0.15, 0.2) is 0 Å². The lowest BCUT2D eigenvalue weighted by Crippen LogP contribution is -2.12. The molecule has 0 saturated heterocycles. The van der Waals surface area contributed by atoms with Crippen LogP contribution in [0.15, 0.2) is 30.3 Å². The maximum atomic E-state index is 13.0. The molecule has 9 heteroatoms. The van der Waals surface area contributed by atoms with Crippen LogP contribution in [0.4, 0.5) is 22.0 Å². The molecular weight excluding hydrogens is 386 g/mol. The first-order valence-corrected chi connectivity index (χ1v) is 7.04. The lowest BCUT2D eigenvalue weighted by atomic mass is 10.0. The molecule has 1 nitrogen and oxygen atoms in total. The normalized spacial score (nSPS) is 11.9. The molecule has 0 aliphatic heterocycles. The topological polar surface area (TPSA) is 9.23 Å². The van der Waals surface area contributed by atoms with E-state index in [4.69, 9.17) is 34.8 Å². The van der Waals surface area contributed by atoms with Crippen molar-refractivity contribution in [2.24, 2.45) is 0 Å². The Hall–Kier alpha value is -1.24. The maximum absolute atomic E-state index is 13.0. The van der Waals surface area contributed by atoms with Gasteiger partial charge >= 0.3 is 12.8 Å². The van der Waals surface area contributed by atoms with Gasteiger partial charge in [0, 0.05) is 16.1 Å². The Morgan fingerprint density at radius 3 is 2.00 bits per heavy atom. The quantitative estimate of drug-likeness (QED) is 0.515. The van der Waals surface area contributed by atoms with E-state index in [-0.39, 0.29) is 26.2 Å². The minimum Gasteiger partial charge on any atom is -0.434 e. The van der Waals surface area contributed by atoms with Gasteiger partial charge in [-0.05, 0) is 18.2 Å². The third-order valence-corrected chi connectivity index (χ3v) is 3.62. The van der Waals surface area contributed by atoms with E-state index in [1.807, 2.05) is 0 Å². The Balaban J connectivity index is 2.77. The standard InChI is InChI=1S/C14H6Cl3F5O/c15-6-4-9(16)11(10(17)5-6)7-2-1-3-8(14(20,21)22)12(7)23-13(18)19/h1-5,13H. The van der Waals surface area contributed by atoms with Crippen molar-refractivity contribution in [3.63, 3.8) is 0 Å². The Morgan fingerprint density at radius 2 is 1.52 bits per heavy atom. The van der Waals surface area contributed by atoms with Crippen molar-refractivity contribution in [3.05, 3.63) is 51.0 Å². The van der Waals surface area contributed by atoms with E-state index >= 15 is 0 Å². The molecule has 0 N–H and O–H groups in total. The summed E-state index contributed by atoms with van der Waals surface area (Å²) < 4.78 is 68.4. The molecule has 124 valence electrons. The molecule has 0 amide bonds. The van der Waals surface area contributed by atoms with Crippen LogP contribution in [0, 0.1) is 0 Å². The van der Waals surface area contributed by atoms with Gasteiger partial charge in [-0.1, -0.05) is 46.9 Å². The van der Waals surface area contributed by atoms with Crippen molar-refractivity contribution in [3.8, 4) is 16.9 Å². The summed E-state index contributed by atoms with van der Waals surface area (Å²) in [5.41, 5.74) is -1.76. The summed E-state index contributed by atoms with van der Waals surface area (Å²) in [4.78, 5) is 0. The zero-order valence-corrected chi connectivity index (χ0v) is 13.2. The molecule has 23 heavy (non-hydrogen) atoms. The van der Waals surface area contributed by atoms with Gasteiger partial charge in [0.05, 0.1) is 15.6 Å². The molecular formula is C14H6Cl3F5O. The highest BCUT2D eigenvalue weighted by Gasteiger charge is 2.37. The molecule has 0 saturated carbocycles. The molecule has 0 unspecified atom stereocenters. The first kappa shape index (κ1) is 18.1. The van der Waals surface area contributed by atoms with Gasteiger partial charge in [0.2, 0.25) is 0 Å². The predicted octanol–water partition coefficient (Wildman–Crippen LogP) is 6.93. The molecule has 0 radical (unpaired) electrons. The summed E-state index contributed by atoms with van der Waals surface area (Å²) in [5, 5.41) is -0.0473. The fraction of sp³-hybridized carbons (Fsp3) is 0.143. The number of ether oxygens (including phenoxy) is 1. The van der Waals surface area contributed by atoms with Crippen molar-refractivity contribution < 1.29 is 26.7 Å². The summed E-state index contributed by atoms with van der Waals surface area (Å²) >= 11 is 17.6. The number of halogens is 8. The molecule has 0 aromatic heterocycles. The Kier molecular flexibility index (Phi) is 5.28. The van der Waals surface area contributed by atoms with E-state index in [2.05, 4.69) is 4.74 Å². The van der Waals surface area contributed by atoms with E-state index < -0.39 is 24.1 Å². The molecule has 0 spiro atoms. The van der Waals surface area contributed by atoms with Gasteiger partial charge < -0.3 is 4.74 Å². The molecule has 2 aromatic carbocycles. The third kappa shape index (κ3) is 4.00. The molecule has 0 aliphatic carbocycles. The number of alkyl halides is 5. The van der Waals surface area contributed by atoms with Crippen LogP contribution < -0.4 is 4.74 Å². The first-order chi connectivity index (χ1) is 10.6. The highest BCUT2D eigenvalue weighted by atomic mass is 35.5. The van der Waals surface area contributed by atoms with Crippen molar-refractivity contribution in [2.75, 3.05) is 0 Å². The summed E-state index contributed by atoms with van der Waals surface area (Å²) in [6.07, 6.45) is -4.90. The first-order valence-electron chi connectivity index (χ1n) is 5.91. The maximum Gasteiger partial charge on any atom is 0.419 e. The number of para-hydroxylation sites is 1. The average molecular weight is 392 g/mol. The van der Waals surface area contributed by atoms with Gasteiger partial charge in [-0.25, -0.2) is 0 Å². The molecule has 2 aromatic rings. The second kappa shape index (κ2) is 6.71. The van der Waals surface area contributed by atoms with Gasteiger partial charge in [-0.3, -0.25) is 0 Å². The lowest BCUT2D eigenvalue weighted by molar-refractivity contribution is -0.141. The number of hydrogen-bond acceptors (Lipinski definition) is 1. The number of hydrogen-bond donors (Lipinski definition) is 0. The van der Waals surface area contributed by atoms with Crippen molar-refractivity contribution in [2.45, 2.75) is 12.8 Å². The van der Waals surface area contributed by atoms with Crippen LogP contribution in [-0.2, 0) is 6.18 Å². The zero-order valence-electron chi connectivity index (χ0n) is 10.9. The smallest absolute Gasteiger partial charge is 0.419 e. The van der Waals surface area contributed by atoms with Crippen LogP contribution in [0.5, 0.6) is 5.75 Å². The fourth-order valence-corrected chi connectivity index (χ4v) is 2.99. The third-order valence-electron chi connectivity index (χ3n) is 2.80. The fourth-order valence-electron chi connectivity index (χ4n) is 1.97. The second-order valence-corrected chi connectivity index (χ2v) is 5.55. The SMILES string of the molecule is FC(F)Oc1c(-c2c(Cl)cc(Cl)cc2Cl)cccc1C(F)(F)F. The van der Waals surface area contributed by atoms with Crippen LogP contribution in [0.1, 0.15) is 5.56 Å². The van der Waals surface area contributed by atoms with Crippen molar-refractivity contribution in [1.29, 1.82) is 0 Å². The van der Waals surface area contributed by atoms with Crippen molar-refractivity contribution >= 4 is 34.8 Å². The lowest BCUT2D eigenvalue weighted by Gasteiger charge is -2.18. The van der Waals surface area contributed by atoms with E-state index in [0.717, 1.165) is 12.1 Å². The largest absolute Gasteiger partial charge is 0.434 e. The van der Waals surface area contributed by atoms with Crippen LogP contribution >= 0.6 is 34.8 Å². The average Bonchev–Trinajstić information content (AvgIpc) is 2.37. The van der Waals surface area contributed by atoms with Gasteiger partial charge in [0.1, 0.15) is 5.75 Å². The van der Waals surface area contributed by atoms with Gasteiger partial charge in [-0.15, -0.1) is 0 Å². The predicted molar refractivity (Wildman–Crippen MR) is 78.5 cm³/mol. The molecule has 2 rings (SSSR count). The highest BCUT2D eigenvalue weighted by Crippen LogP contribution is 2.46. The van der Waals surface area contributed by atoms with Crippen LogP contribution in [0.3, 0.4) is 0 Å². The Bertz CT molecular complexity index is 708. The molecule has 0 aliphatic rings. The number of benzene rings is 2. The zero-order chi connectivity index (χ0) is 17.4. The molecule has 0 bridgehead atoms. The monoisotopic (exact) mass is 390 g/mol. The number of rotatable bonds is 3. The van der Waals surface area contributed by atoms with Crippen molar-refractivity contribution in [1.82, 2.24) is 0 Å². The van der Waals surface area contributed by atoms with E-state index in [1.165, 1.54) is 12.1 Å². The Morgan fingerprint density at radius 1 is 0.957 bits per heavy atom. The highest BCUT2D eigenvalue weighted by molar-refractivity contribution is 6.42. The van der Waals surface area contributed by atoms with E-state index in [0.29, 0.717) is 6.07 Å². The Labute approximate surface area is 142 Å². The summed E-state index contributed by atoms with van der Waals surface area (Å²) in [5.74, 6) is -1.05. The summed E-state index contributed by atoms with van der Waals surface area (Å²) in [7, 11) is 0.